The van der Waals surface area contributed by atoms with Gasteiger partial charge in [-0.15, -0.1) is 0 Å². The van der Waals surface area contributed by atoms with Crippen molar-refractivity contribution in [3.05, 3.63) is 0 Å². The first kappa shape index (κ1) is 30.0. The first-order valence-electron chi connectivity index (χ1n) is 17.5. The molecule has 2 aliphatic heterocycles. The third kappa shape index (κ3) is 4.40. The highest BCUT2D eigenvalue weighted by molar-refractivity contribution is 5.76. The molecule has 0 aromatic heterocycles. The van der Waals surface area contributed by atoms with Gasteiger partial charge >= 0.3 is 0 Å². The van der Waals surface area contributed by atoms with Crippen LogP contribution in [0.25, 0.3) is 0 Å². The summed E-state index contributed by atoms with van der Waals surface area (Å²) in [5.74, 6) is 3.98. The van der Waals surface area contributed by atoms with Gasteiger partial charge in [-0.05, 0) is 128 Å². The van der Waals surface area contributed by atoms with Crippen molar-refractivity contribution in [3.8, 4) is 0 Å². The van der Waals surface area contributed by atoms with E-state index in [1.165, 1.54) is 64.2 Å². The Kier molecular flexibility index (Phi) is 7.61. The van der Waals surface area contributed by atoms with Crippen LogP contribution in [0.15, 0.2) is 0 Å². The minimum absolute atomic E-state index is 0. The normalized spacial score (nSPS) is 50.2. The summed E-state index contributed by atoms with van der Waals surface area (Å²) in [4.78, 5) is 14.8. The van der Waals surface area contributed by atoms with E-state index in [4.69, 9.17) is 19.3 Å². The lowest BCUT2D eigenvalue weighted by atomic mass is 9.46. The second-order valence-corrected chi connectivity index (χ2v) is 16.5. The van der Waals surface area contributed by atoms with Gasteiger partial charge in [-0.2, -0.15) is 0 Å². The number of hydrogen-bond donors (Lipinski definition) is 2. The molecule has 1 amide bonds. The third-order valence-corrected chi connectivity index (χ3v) is 14.7. The molecule has 8 rings (SSSR count). The van der Waals surface area contributed by atoms with Crippen LogP contribution in [-0.4, -0.2) is 79.0 Å². The summed E-state index contributed by atoms with van der Waals surface area (Å²) in [5.41, 5.74) is 1.59. The summed E-state index contributed by atoms with van der Waals surface area (Å²) < 4.78 is 19.4. The van der Waals surface area contributed by atoms with Crippen molar-refractivity contribution in [2.45, 2.75) is 129 Å². The van der Waals surface area contributed by atoms with Crippen LogP contribution in [0, 0.1) is 51.2 Å². The van der Waals surface area contributed by atoms with E-state index in [2.05, 4.69) is 20.8 Å². The Balaban J connectivity index is 0.00000108. The van der Waals surface area contributed by atoms with Crippen LogP contribution >= 0.6 is 0 Å². The van der Waals surface area contributed by atoms with E-state index in [-0.39, 0.29) is 31.9 Å². The predicted octanol–water partition coefficient (Wildman–Crippen LogP) is 5.41. The second kappa shape index (κ2) is 10.7. The van der Waals surface area contributed by atoms with Crippen LogP contribution < -0.4 is 0 Å². The molecule has 9 unspecified atom stereocenters. The third-order valence-electron chi connectivity index (χ3n) is 14.7. The van der Waals surface area contributed by atoms with Crippen LogP contribution in [0.3, 0.4) is 0 Å². The molecular formula is C35H59NO6. The number of rotatable bonds is 5. The van der Waals surface area contributed by atoms with Crippen molar-refractivity contribution in [3.63, 3.8) is 0 Å². The number of aliphatic hydroxyl groups is 2. The van der Waals surface area contributed by atoms with E-state index in [0.717, 1.165) is 31.8 Å². The smallest absolute Gasteiger partial charge is 0.223 e. The first-order valence-corrected chi connectivity index (χ1v) is 17.5. The second-order valence-electron chi connectivity index (χ2n) is 16.5. The lowest BCUT2D eigenvalue weighted by molar-refractivity contribution is -0.244. The van der Waals surface area contributed by atoms with Gasteiger partial charge in [0.2, 0.25) is 5.91 Å². The van der Waals surface area contributed by atoms with Gasteiger partial charge in [0.25, 0.3) is 0 Å². The number of carbonyl (C=O) groups is 1. The summed E-state index contributed by atoms with van der Waals surface area (Å²) in [6.45, 7) is 9.70. The Morgan fingerprint density at radius 1 is 0.952 bits per heavy atom. The summed E-state index contributed by atoms with van der Waals surface area (Å²) in [6, 6.07) is 0. The molecule has 2 N–H and O–H groups in total. The molecule has 2 spiro atoms. The fourth-order valence-electron chi connectivity index (χ4n) is 12.5. The lowest BCUT2D eigenvalue weighted by Gasteiger charge is -2.60. The Labute approximate surface area is 254 Å². The molecule has 42 heavy (non-hydrogen) atoms. The molecule has 8 fully saturated rings. The largest absolute Gasteiger partial charge is 0.400 e. The monoisotopic (exact) mass is 589 g/mol. The molecule has 0 aromatic carbocycles. The van der Waals surface area contributed by atoms with Gasteiger partial charge in [0.15, 0.2) is 6.29 Å². The minimum atomic E-state index is -0.278. The van der Waals surface area contributed by atoms with E-state index >= 15 is 0 Å². The number of nitrogens with zero attached hydrogens (tertiary/aromatic N) is 1. The molecule has 2 saturated heterocycles. The highest BCUT2D eigenvalue weighted by Crippen LogP contribution is 2.87. The number of amides is 1. The zero-order chi connectivity index (χ0) is 29.5. The molecule has 0 bridgehead atoms. The van der Waals surface area contributed by atoms with Gasteiger partial charge in [0, 0.05) is 21.5 Å². The first-order chi connectivity index (χ1) is 20.2. The summed E-state index contributed by atoms with van der Waals surface area (Å²) >= 11 is 0. The fraction of sp³-hybridized carbons (Fsp3) is 0.971. The molecular weight excluding hydrogens is 530 g/mol. The molecule has 0 radical (unpaired) electrons. The number of morpholine rings is 1. The molecule has 2 heterocycles. The average Bonchev–Trinajstić information content (AvgIpc) is 3.91. The van der Waals surface area contributed by atoms with Gasteiger partial charge in [0.05, 0.1) is 38.1 Å². The molecule has 7 heteroatoms. The Hall–Kier alpha value is -0.730. The maximum absolute atomic E-state index is 12.8. The van der Waals surface area contributed by atoms with Crippen molar-refractivity contribution in [1.29, 1.82) is 0 Å². The summed E-state index contributed by atoms with van der Waals surface area (Å²) in [5, 5.41) is 16.8. The van der Waals surface area contributed by atoms with Crippen molar-refractivity contribution < 1.29 is 30.6 Å². The topological polar surface area (TPSA) is 88.5 Å². The SMILES string of the molecule is CC12CC[C@@]34CC35CC[C@H](OC3CN(C(=O)CC6CC6)CCO3)C(C)(C)C5CCC4C1CC1OC(CO)CCC12.CO.[HH]. The summed E-state index contributed by atoms with van der Waals surface area (Å²) in [7, 11) is 1.00. The quantitative estimate of drug-likeness (QED) is 0.446. The zero-order valence-corrected chi connectivity index (χ0v) is 26.7. The van der Waals surface area contributed by atoms with Gasteiger partial charge < -0.3 is 29.3 Å². The molecule has 6 saturated carbocycles. The van der Waals surface area contributed by atoms with Crippen molar-refractivity contribution in [1.82, 2.24) is 4.90 Å². The number of ether oxygens (including phenoxy) is 3. The van der Waals surface area contributed by atoms with Gasteiger partial charge in [0.1, 0.15) is 0 Å². The van der Waals surface area contributed by atoms with E-state index < -0.39 is 0 Å². The molecule has 0 aromatic rings. The zero-order valence-electron chi connectivity index (χ0n) is 26.7. The number of aliphatic hydroxyl groups excluding tert-OH is 2. The van der Waals surface area contributed by atoms with Crippen molar-refractivity contribution in [2.24, 2.45) is 51.2 Å². The van der Waals surface area contributed by atoms with E-state index in [1.54, 1.807) is 0 Å². The van der Waals surface area contributed by atoms with E-state index in [0.29, 0.717) is 72.1 Å². The molecule has 240 valence electrons. The number of carbonyl (C=O) groups excluding carboxylic acids is 1. The van der Waals surface area contributed by atoms with Gasteiger partial charge in [-0.3, -0.25) is 4.79 Å². The molecule has 6 aliphatic carbocycles. The average molecular weight is 590 g/mol. The maximum Gasteiger partial charge on any atom is 0.223 e. The standard InChI is InChI=1S/C34H53NO5.CH4O.H2/c1-31(2)27-9-8-23-25-17-26-24(7-6-22(19-36)39-26)32(25,3)12-13-33(23)20-34(27,33)11-10-28(31)40-30-18-35(14-15-38-30)29(37)16-21-4-5-21;1-2;/h21-28,30,36H,4-20H2,1-3H3;2H,1H3;1H/t22?,23?,24?,25?,26?,27?,28-,30?,32?,33-,34?;;/m0../s1. The molecule has 11 atom stereocenters. The highest BCUT2D eigenvalue weighted by atomic mass is 16.7. The Morgan fingerprint density at radius 2 is 1.74 bits per heavy atom. The minimum Gasteiger partial charge on any atom is -0.400 e. The van der Waals surface area contributed by atoms with Crippen LogP contribution in [0.5, 0.6) is 0 Å². The van der Waals surface area contributed by atoms with E-state index in [9.17, 15) is 9.90 Å². The summed E-state index contributed by atoms with van der Waals surface area (Å²) in [6.07, 6.45) is 16.4. The van der Waals surface area contributed by atoms with Gasteiger partial charge in [-0.25, -0.2) is 0 Å². The van der Waals surface area contributed by atoms with Crippen molar-refractivity contribution in [2.75, 3.05) is 33.4 Å². The van der Waals surface area contributed by atoms with Gasteiger partial charge in [-0.1, -0.05) is 20.8 Å². The highest BCUT2D eigenvalue weighted by Gasteiger charge is 2.80. The number of hydrogen-bond acceptors (Lipinski definition) is 6. The van der Waals surface area contributed by atoms with Crippen LogP contribution in [0.4, 0.5) is 0 Å². The van der Waals surface area contributed by atoms with Crippen LogP contribution in [0.2, 0.25) is 0 Å². The fourth-order valence-corrected chi connectivity index (χ4v) is 12.5. The Morgan fingerprint density at radius 3 is 2.50 bits per heavy atom. The van der Waals surface area contributed by atoms with Crippen molar-refractivity contribution >= 4 is 5.91 Å². The van der Waals surface area contributed by atoms with Crippen LogP contribution in [-0.2, 0) is 19.0 Å². The van der Waals surface area contributed by atoms with Crippen LogP contribution in [0.1, 0.15) is 106 Å². The molecule has 7 nitrogen and oxygen atoms in total. The predicted molar refractivity (Wildman–Crippen MR) is 161 cm³/mol. The van der Waals surface area contributed by atoms with E-state index in [1.807, 2.05) is 4.90 Å². The Bertz CT molecular complexity index is 1040. The number of fused-ring (bicyclic) bond motifs is 4. The maximum atomic E-state index is 12.8. The molecule has 8 aliphatic rings. The lowest BCUT2D eigenvalue weighted by Crippen LogP contribution is -2.56.